The first-order valence-corrected chi connectivity index (χ1v) is 5.05. The molecule has 0 unspecified atom stereocenters. The van der Waals surface area contributed by atoms with E-state index in [0.29, 0.717) is 6.42 Å². The third kappa shape index (κ3) is 5.89. The Morgan fingerprint density at radius 3 is 2.75 bits per heavy atom. The van der Waals surface area contributed by atoms with Gasteiger partial charge in [-0.2, -0.15) is 13.7 Å². The molecule has 0 heterocycles. The maximum Gasteiger partial charge on any atom is 0.267 e. The summed E-state index contributed by atoms with van der Waals surface area (Å²) in [6.07, 6.45) is 1.97. The molecule has 0 saturated carbocycles. The molecule has 0 aromatic heterocycles. The lowest BCUT2D eigenvalue weighted by molar-refractivity contribution is 0.326. The molecular formula is C7H11NO3S. The summed E-state index contributed by atoms with van der Waals surface area (Å²) in [6.45, 7) is 3.33. The normalized spacial score (nSPS) is 10.6. The monoisotopic (exact) mass is 189 g/mol. The van der Waals surface area contributed by atoms with Crippen molar-refractivity contribution in [3.63, 3.8) is 0 Å². The van der Waals surface area contributed by atoms with Crippen molar-refractivity contribution in [2.45, 2.75) is 12.8 Å². The van der Waals surface area contributed by atoms with E-state index in [1.165, 1.54) is 6.08 Å². The van der Waals surface area contributed by atoms with Crippen LogP contribution in [-0.4, -0.2) is 20.8 Å². The van der Waals surface area contributed by atoms with Crippen LogP contribution >= 0.6 is 0 Å². The van der Waals surface area contributed by atoms with Gasteiger partial charge in [-0.3, -0.25) is 4.18 Å². The van der Waals surface area contributed by atoms with E-state index in [1.54, 1.807) is 6.07 Å². The van der Waals surface area contributed by atoms with Crippen molar-refractivity contribution >= 4 is 10.1 Å². The summed E-state index contributed by atoms with van der Waals surface area (Å²) in [5, 5.41) is 8.10. The Balaban J connectivity index is 3.74. The minimum absolute atomic E-state index is 0.0595. The molecule has 0 bridgehead atoms. The average molecular weight is 189 g/mol. The summed E-state index contributed by atoms with van der Waals surface area (Å²) < 4.78 is 26.2. The van der Waals surface area contributed by atoms with Crippen LogP contribution in [0.1, 0.15) is 12.8 Å². The van der Waals surface area contributed by atoms with Gasteiger partial charge in [0.25, 0.3) is 10.1 Å². The zero-order valence-electron chi connectivity index (χ0n) is 6.69. The molecular weight excluding hydrogens is 178 g/mol. The van der Waals surface area contributed by atoms with Crippen LogP contribution in [0, 0.1) is 11.3 Å². The zero-order valence-corrected chi connectivity index (χ0v) is 7.51. The maximum atomic E-state index is 10.9. The highest BCUT2D eigenvalue weighted by atomic mass is 32.2. The average Bonchev–Trinajstić information content (AvgIpc) is 2.01. The molecule has 0 aliphatic heterocycles. The number of allylic oxidation sites excluding steroid dienone is 1. The van der Waals surface area contributed by atoms with E-state index in [1.807, 2.05) is 0 Å². The van der Waals surface area contributed by atoms with Gasteiger partial charge in [-0.1, -0.05) is 6.08 Å². The molecule has 0 fully saturated rings. The van der Waals surface area contributed by atoms with E-state index in [9.17, 15) is 8.42 Å². The molecule has 0 atom stereocenters. The van der Waals surface area contributed by atoms with Crippen molar-refractivity contribution < 1.29 is 12.6 Å². The standard InChI is InChI=1S/C7H11NO3S/c1-2-3-7-12(9,10)11-6-4-5-8/h2H,1,3-4,6-7H2. The number of rotatable bonds is 6. The first-order valence-electron chi connectivity index (χ1n) is 3.47. The van der Waals surface area contributed by atoms with Gasteiger partial charge in [0.1, 0.15) is 0 Å². The van der Waals surface area contributed by atoms with Gasteiger partial charge in [-0.05, 0) is 6.42 Å². The Labute approximate surface area is 72.6 Å². The van der Waals surface area contributed by atoms with Crippen molar-refractivity contribution in [2.75, 3.05) is 12.4 Å². The van der Waals surface area contributed by atoms with Gasteiger partial charge < -0.3 is 0 Å². The lowest BCUT2D eigenvalue weighted by atomic mass is 10.5. The molecule has 68 valence electrons. The largest absolute Gasteiger partial charge is 0.269 e. The smallest absolute Gasteiger partial charge is 0.267 e. The summed E-state index contributed by atoms with van der Waals surface area (Å²) in [5.74, 6) is -0.0675. The van der Waals surface area contributed by atoms with Crippen LogP contribution in [0.2, 0.25) is 0 Å². The molecule has 4 nitrogen and oxygen atoms in total. The minimum atomic E-state index is -3.44. The third-order valence-electron chi connectivity index (χ3n) is 1.05. The number of hydrogen-bond donors (Lipinski definition) is 0. The fourth-order valence-corrected chi connectivity index (χ4v) is 1.41. The summed E-state index contributed by atoms with van der Waals surface area (Å²) in [5.41, 5.74) is 0. The fraction of sp³-hybridized carbons (Fsp3) is 0.571. The van der Waals surface area contributed by atoms with E-state index < -0.39 is 10.1 Å². The van der Waals surface area contributed by atoms with E-state index in [0.717, 1.165) is 0 Å². The van der Waals surface area contributed by atoms with Crippen LogP contribution in [0.15, 0.2) is 12.7 Å². The Kier molecular flexibility index (Phi) is 5.34. The molecule has 0 aliphatic rings. The molecule has 12 heavy (non-hydrogen) atoms. The van der Waals surface area contributed by atoms with Crippen molar-refractivity contribution in [1.29, 1.82) is 5.26 Å². The van der Waals surface area contributed by atoms with Crippen LogP contribution in [0.25, 0.3) is 0 Å². The fourth-order valence-electron chi connectivity index (χ4n) is 0.501. The third-order valence-corrected chi connectivity index (χ3v) is 2.31. The van der Waals surface area contributed by atoms with Crippen molar-refractivity contribution in [1.82, 2.24) is 0 Å². The Hall–Kier alpha value is -0.860. The lowest BCUT2D eigenvalue weighted by Crippen LogP contribution is -2.10. The summed E-state index contributed by atoms with van der Waals surface area (Å²) >= 11 is 0. The molecule has 0 aromatic rings. The summed E-state index contributed by atoms with van der Waals surface area (Å²) in [6, 6.07) is 1.79. The number of hydrogen-bond acceptors (Lipinski definition) is 4. The first kappa shape index (κ1) is 11.1. The zero-order chi connectivity index (χ0) is 9.45. The second-order valence-corrected chi connectivity index (χ2v) is 3.83. The topological polar surface area (TPSA) is 67.2 Å². The van der Waals surface area contributed by atoms with Crippen LogP contribution in [0.4, 0.5) is 0 Å². The van der Waals surface area contributed by atoms with Crippen LogP contribution in [0.3, 0.4) is 0 Å². The van der Waals surface area contributed by atoms with Gasteiger partial charge in [0.05, 0.1) is 24.8 Å². The molecule has 0 radical (unpaired) electrons. The van der Waals surface area contributed by atoms with Gasteiger partial charge in [-0.25, -0.2) is 0 Å². The molecule has 0 rings (SSSR count). The van der Waals surface area contributed by atoms with Gasteiger partial charge in [0.15, 0.2) is 0 Å². The highest BCUT2D eigenvalue weighted by Crippen LogP contribution is 1.97. The molecule has 0 aromatic carbocycles. The van der Waals surface area contributed by atoms with Gasteiger partial charge in [0.2, 0.25) is 0 Å². The second kappa shape index (κ2) is 5.75. The summed E-state index contributed by atoms with van der Waals surface area (Å²) in [4.78, 5) is 0. The molecule has 0 N–H and O–H groups in total. The predicted molar refractivity (Wildman–Crippen MR) is 44.8 cm³/mol. The number of nitrogens with zero attached hydrogens (tertiary/aromatic N) is 1. The van der Waals surface area contributed by atoms with Crippen LogP contribution < -0.4 is 0 Å². The quantitative estimate of drug-likeness (QED) is 0.352. The molecule has 5 heteroatoms. The maximum absolute atomic E-state index is 10.9. The van der Waals surface area contributed by atoms with Crippen LogP contribution in [0.5, 0.6) is 0 Å². The van der Waals surface area contributed by atoms with Gasteiger partial charge in [-0.15, -0.1) is 6.58 Å². The lowest BCUT2D eigenvalue weighted by Gasteiger charge is -2.00. The van der Waals surface area contributed by atoms with Crippen molar-refractivity contribution in [3.8, 4) is 6.07 Å². The molecule has 0 saturated heterocycles. The highest BCUT2D eigenvalue weighted by Gasteiger charge is 2.08. The molecule has 0 spiro atoms. The first-order chi connectivity index (χ1) is 5.62. The predicted octanol–water partition coefficient (Wildman–Crippen LogP) is 0.823. The van der Waals surface area contributed by atoms with E-state index >= 15 is 0 Å². The van der Waals surface area contributed by atoms with Crippen LogP contribution in [-0.2, 0) is 14.3 Å². The number of nitriles is 1. The Morgan fingerprint density at radius 1 is 1.58 bits per heavy atom. The SMILES string of the molecule is C=CCCS(=O)(=O)OCCC#N. The van der Waals surface area contributed by atoms with E-state index in [4.69, 9.17) is 5.26 Å². The van der Waals surface area contributed by atoms with E-state index in [-0.39, 0.29) is 18.8 Å². The Bertz CT molecular complexity index is 263. The van der Waals surface area contributed by atoms with Crippen molar-refractivity contribution in [3.05, 3.63) is 12.7 Å². The minimum Gasteiger partial charge on any atom is -0.269 e. The molecule has 0 aliphatic carbocycles. The highest BCUT2D eigenvalue weighted by molar-refractivity contribution is 7.86. The molecule has 0 amide bonds. The Morgan fingerprint density at radius 2 is 2.25 bits per heavy atom. The summed E-state index contributed by atoms with van der Waals surface area (Å²) in [7, 11) is -3.44. The van der Waals surface area contributed by atoms with Crippen molar-refractivity contribution in [2.24, 2.45) is 0 Å². The van der Waals surface area contributed by atoms with Gasteiger partial charge in [0, 0.05) is 0 Å². The van der Waals surface area contributed by atoms with Gasteiger partial charge >= 0.3 is 0 Å². The van der Waals surface area contributed by atoms with E-state index in [2.05, 4.69) is 10.8 Å². The second-order valence-electron chi connectivity index (χ2n) is 2.07.